The van der Waals surface area contributed by atoms with E-state index in [2.05, 4.69) is 20.4 Å². The van der Waals surface area contributed by atoms with Crippen molar-refractivity contribution in [1.82, 2.24) is 23.9 Å². The van der Waals surface area contributed by atoms with Crippen molar-refractivity contribution < 1.29 is 13.2 Å². The summed E-state index contributed by atoms with van der Waals surface area (Å²) in [6.45, 7) is 6.11. The summed E-state index contributed by atoms with van der Waals surface area (Å²) in [5.41, 5.74) is 1.13. The lowest BCUT2D eigenvalue weighted by Crippen LogP contribution is -2.30. The number of nitrogens with one attached hydrogen (secondary N) is 1. The van der Waals surface area contributed by atoms with Gasteiger partial charge in [-0.15, -0.1) is 5.10 Å². The molecule has 0 radical (unpaired) electrons. The zero-order chi connectivity index (χ0) is 19.6. The minimum atomic E-state index is -3.61. The average Bonchev–Trinajstić information content (AvgIpc) is 3.09. The number of aryl methyl sites for hydroxylation is 1. The Kier molecular flexibility index (Phi) is 5.19. The third-order valence-electron chi connectivity index (χ3n) is 4.07. The van der Waals surface area contributed by atoms with E-state index in [4.69, 9.17) is 0 Å². The van der Waals surface area contributed by atoms with Crippen LogP contribution in [0, 0.1) is 6.92 Å². The first-order valence-electron chi connectivity index (χ1n) is 8.46. The maximum absolute atomic E-state index is 12.6. The molecule has 1 aromatic carbocycles. The molecule has 142 valence electrons. The molecule has 0 aliphatic heterocycles. The van der Waals surface area contributed by atoms with Gasteiger partial charge in [-0.1, -0.05) is 19.9 Å². The van der Waals surface area contributed by atoms with Crippen LogP contribution in [0.2, 0.25) is 0 Å². The maximum atomic E-state index is 12.6. The number of carbonyl (C=O) groups is 1. The Morgan fingerprint density at radius 1 is 1.22 bits per heavy atom. The third kappa shape index (κ3) is 3.67. The summed E-state index contributed by atoms with van der Waals surface area (Å²) in [7, 11) is -3.61. The van der Waals surface area contributed by atoms with Crippen molar-refractivity contribution in [3.8, 4) is 0 Å². The summed E-state index contributed by atoms with van der Waals surface area (Å²) in [6.07, 6.45) is 1.59. The molecule has 9 nitrogen and oxygen atoms in total. The number of rotatable bonds is 6. The first kappa shape index (κ1) is 18.9. The molecule has 0 saturated heterocycles. The molecule has 0 aliphatic rings. The molecule has 0 atom stereocenters. The van der Waals surface area contributed by atoms with E-state index in [1.54, 1.807) is 38.2 Å². The van der Waals surface area contributed by atoms with Crippen molar-refractivity contribution in [2.45, 2.75) is 25.7 Å². The molecule has 0 saturated carbocycles. The third-order valence-corrected chi connectivity index (χ3v) is 6.11. The van der Waals surface area contributed by atoms with Crippen molar-refractivity contribution in [1.29, 1.82) is 0 Å². The zero-order valence-corrected chi connectivity index (χ0v) is 16.1. The van der Waals surface area contributed by atoms with Crippen LogP contribution in [0.25, 0.3) is 5.78 Å². The van der Waals surface area contributed by atoms with Gasteiger partial charge in [0, 0.05) is 30.7 Å². The van der Waals surface area contributed by atoms with Crippen LogP contribution in [0.3, 0.4) is 0 Å². The second-order valence-corrected chi connectivity index (χ2v) is 7.74. The van der Waals surface area contributed by atoms with E-state index in [1.165, 1.54) is 21.0 Å². The molecule has 0 fully saturated rings. The smallest absolute Gasteiger partial charge is 0.295 e. The average molecular weight is 388 g/mol. The Bertz CT molecular complexity index is 1090. The van der Waals surface area contributed by atoms with E-state index in [1.807, 2.05) is 6.92 Å². The predicted octanol–water partition coefficient (Wildman–Crippen LogP) is 1.72. The molecular formula is C17H20N6O3S. The fourth-order valence-corrected chi connectivity index (χ4v) is 4.14. The fourth-order valence-electron chi connectivity index (χ4n) is 2.64. The van der Waals surface area contributed by atoms with Crippen molar-refractivity contribution in [3.05, 3.63) is 48.0 Å². The van der Waals surface area contributed by atoms with Crippen LogP contribution in [0.4, 0.5) is 5.69 Å². The lowest BCUT2D eigenvalue weighted by Gasteiger charge is -2.18. The highest BCUT2D eigenvalue weighted by Crippen LogP contribution is 2.20. The second kappa shape index (κ2) is 7.41. The van der Waals surface area contributed by atoms with E-state index in [0.29, 0.717) is 24.6 Å². The molecule has 27 heavy (non-hydrogen) atoms. The summed E-state index contributed by atoms with van der Waals surface area (Å²) < 4.78 is 28.1. The summed E-state index contributed by atoms with van der Waals surface area (Å²) >= 11 is 0. The molecule has 10 heteroatoms. The quantitative estimate of drug-likeness (QED) is 0.688. The number of hydrogen-bond acceptors (Lipinski definition) is 6. The molecule has 2 aromatic heterocycles. The van der Waals surface area contributed by atoms with Gasteiger partial charge in [0.25, 0.3) is 11.7 Å². The Labute approximate surface area is 157 Å². The molecule has 0 aliphatic carbocycles. The topological polar surface area (TPSA) is 110 Å². The van der Waals surface area contributed by atoms with E-state index in [9.17, 15) is 13.2 Å². The summed E-state index contributed by atoms with van der Waals surface area (Å²) in [4.78, 5) is 20.7. The second-order valence-electron chi connectivity index (χ2n) is 5.80. The molecule has 0 spiro atoms. The van der Waals surface area contributed by atoms with Gasteiger partial charge in [0.05, 0.1) is 4.90 Å². The highest BCUT2D eigenvalue weighted by molar-refractivity contribution is 7.89. The molecule has 0 unspecified atom stereocenters. The van der Waals surface area contributed by atoms with Gasteiger partial charge >= 0.3 is 0 Å². The van der Waals surface area contributed by atoms with Crippen LogP contribution in [0.1, 0.15) is 30.2 Å². The molecule has 1 N–H and O–H groups in total. The minimum Gasteiger partial charge on any atom is -0.319 e. The minimum absolute atomic E-state index is 0.0474. The molecule has 0 bridgehead atoms. The SMILES string of the molecule is CCN(CC)S(=O)(=O)c1cccc(NC(=O)c2nc3nccc(C)n3n2)c1. The highest BCUT2D eigenvalue weighted by Gasteiger charge is 2.22. The number of benzene rings is 1. The van der Waals surface area contributed by atoms with Crippen molar-refractivity contribution in [2.24, 2.45) is 0 Å². The number of anilines is 1. The van der Waals surface area contributed by atoms with Crippen molar-refractivity contribution in [2.75, 3.05) is 18.4 Å². The first-order chi connectivity index (χ1) is 12.9. The van der Waals surface area contributed by atoms with Crippen LogP contribution >= 0.6 is 0 Å². The van der Waals surface area contributed by atoms with E-state index in [-0.39, 0.29) is 10.7 Å². The monoisotopic (exact) mass is 388 g/mol. The highest BCUT2D eigenvalue weighted by atomic mass is 32.2. The number of nitrogens with zero attached hydrogens (tertiary/aromatic N) is 5. The first-order valence-corrected chi connectivity index (χ1v) is 9.90. The number of amides is 1. The van der Waals surface area contributed by atoms with Crippen LogP contribution in [-0.2, 0) is 10.0 Å². The van der Waals surface area contributed by atoms with Crippen LogP contribution in [0.15, 0.2) is 41.4 Å². The normalized spacial score (nSPS) is 11.9. The molecular weight excluding hydrogens is 368 g/mol. The molecule has 3 rings (SSSR count). The van der Waals surface area contributed by atoms with Gasteiger partial charge in [-0.25, -0.2) is 17.9 Å². The van der Waals surface area contributed by atoms with E-state index < -0.39 is 15.9 Å². The summed E-state index contributed by atoms with van der Waals surface area (Å²) in [6, 6.07) is 7.86. The van der Waals surface area contributed by atoms with Gasteiger partial charge in [-0.2, -0.15) is 9.29 Å². The molecule has 1 amide bonds. The Balaban J connectivity index is 1.87. The van der Waals surface area contributed by atoms with Gasteiger partial charge in [0.15, 0.2) is 0 Å². The molecule has 2 heterocycles. The Morgan fingerprint density at radius 3 is 2.63 bits per heavy atom. The number of carbonyl (C=O) groups excluding carboxylic acids is 1. The van der Waals surface area contributed by atoms with Gasteiger partial charge in [-0.05, 0) is 31.2 Å². The van der Waals surface area contributed by atoms with Gasteiger partial charge in [-0.3, -0.25) is 4.79 Å². The van der Waals surface area contributed by atoms with Gasteiger partial charge in [0.1, 0.15) is 0 Å². The van der Waals surface area contributed by atoms with E-state index in [0.717, 1.165) is 5.69 Å². The Hall–Kier alpha value is -2.85. The van der Waals surface area contributed by atoms with Gasteiger partial charge in [0.2, 0.25) is 15.8 Å². The summed E-state index contributed by atoms with van der Waals surface area (Å²) in [5.74, 6) is -0.274. The number of hydrogen-bond donors (Lipinski definition) is 1. The lowest BCUT2D eigenvalue weighted by molar-refractivity contribution is 0.101. The lowest BCUT2D eigenvalue weighted by atomic mass is 10.3. The van der Waals surface area contributed by atoms with Gasteiger partial charge < -0.3 is 5.32 Å². The van der Waals surface area contributed by atoms with E-state index >= 15 is 0 Å². The van der Waals surface area contributed by atoms with Crippen LogP contribution in [-0.4, -0.2) is 51.3 Å². The van der Waals surface area contributed by atoms with Crippen LogP contribution < -0.4 is 5.32 Å². The van der Waals surface area contributed by atoms with Crippen molar-refractivity contribution in [3.63, 3.8) is 0 Å². The van der Waals surface area contributed by atoms with Crippen LogP contribution in [0.5, 0.6) is 0 Å². The standard InChI is InChI=1S/C17H20N6O3S/c1-4-22(5-2)27(25,26)14-8-6-7-13(11-14)19-16(24)15-20-17-18-10-9-12(3)23(17)21-15/h6-11H,4-5H2,1-3H3,(H,19,24). The van der Waals surface area contributed by atoms with Crippen molar-refractivity contribution >= 4 is 27.4 Å². The number of fused-ring (bicyclic) bond motifs is 1. The maximum Gasteiger partial charge on any atom is 0.295 e. The predicted molar refractivity (Wildman–Crippen MR) is 100 cm³/mol. The zero-order valence-electron chi connectivity index (χ0n) is 15.2. The largest absolute Gasteiger partial charge is 0.319 e. The number of aromatic nitrogens is 4. The fraction of sp³-hybridized carbons (Fsp3) is 0.294. The Morgan fingerprint density at radius 2 is 1.96 bits per heavy atom. The summed E-state index contributed by atoms with van der Waals surface area (Å²) in [5, 5.41) is 6.78. The number of sulfonamides is 1. The molecule has 3 aromatic rings.